The molecule has 0 aliphatic rings. The molecule has 0 saturated carbocycles. The fraction of sp³-hybridized carbons (Fsp3) is 0.133. The van der Waals surface area contributed by atoms with Gasteiger partial charge in [-0.25, -0.2) is 13.2 Å². The maximum atomic E-state index is 12.2. The van der Waals surface area contributed by atoms with Crippen LogP contribution in [-0.4, -0.2) is 21.1 Å². The third-order valence-electron chi connectivity index (χ3n) is 2.78. The predicted molar refractivity (Wildman–Crippen MR) is 89.3 cm³/mol. The summed E-state index contributed by atoms with van der Waals surface area (Å²) in [5.74, 6) is 0. The Labute approximate surface area is 139 Å². The van der Waals surface area contributed by atoms with E-state index in [9.17, 15) is 13.2 Å². The lowest BCUT2D eigenvalue weighted by Crippen LogP contribution is -2.14. The van der Waals surface area contributed by atoms with Crippen LogP contribution in [0.5, 0.6) is 0 Å². The minimum absolute atomic E-state index is 0.107. The Morgan fingerprint density at radius 2 is 1.61 bits per heavy atom. The van der Waals surface area contributed by atoms with Gasteiger partial charge in [0.25, 0.3) is 10.0 Å². The van der Waals surface area contributed by atoms with Crippen LogP contribution in [0.3, 0.4) is 0 Å². The minimum Gasteiger partial charge on any atom is -0.450 e. The molecule has 6 nitrogen and oxygen atoms in total. The number of carbonyl (C=O) groups is 1. The van der Waals surface area contributed by atoms with Crippen molar-refractivity contribution in [3.63, 3.8) is 0 Å². The van der Waals surface area contributed by atoms with Gasteiger partial charge in [-0.3, -0.25) is 10.0 Å². The fourth-order valence-corrected chi connectivity index (χ4v) is 2.92. The number of rotatable bonds is 5. The molecular weight excluding hydrogens is 340 g/mol. The van der Waals surface area contributed by atoms with Crippen LogP contribution in [0.15, 0.2) is 53.4 Å². The first kappa shape index (κ1) is 17.1. The van der Waals surface area contributed by atoms with Crippen LogP contribution in [0.4, 0.5) is 16.2 Å². The standard InChI is InChI=1S/C15H15ClN2O4S/c1-2-22-15(19)17-12-5-7-13(8-6-12)18-23(20,21)14-9-3-11(16)4-10-14/h3-10,18H,2H2,1H3,(H,17,19). The van der Waals surface area contributed by atoms with Gasteiger partial charge in [-0.1, -0.05) is 11.6 Å². The topological polar surface area (TPSA) is 84.5 Å². The van der Waals surface area contributed by atoms with E-state index >= 15 is 0 Å². The summed E-state index contributed by atoms with van der Waals surface area (Å²) in [4.78, 5) is 11.4. The van der Waals surface area contributed by atoms with Crippen molar-refractivity contribution in [1.82, 2.24) is 0 Å². The third-order valence-corrected chi connectivity index (χ3v) is 4.43. The van der Waals surface area contributed by atoms with E-state index in [-0.39, 0.29) is 11.5 Å². The van der Waals surface area contributed by atoms with Gasteiger partial charge < -0.3 is 4.74 Å². The maximum absolute atomic E-state index is 12.2. The molecular formula is C15H15ClN2O4S. The zero-order valence-corrected chi connectivity index (χ0v) is 13.8. The van der Waals surface area contributed by atoms with Crippen molar-refractivity contribution in [1.29, 1.82) is 0 Å². The molecule has 2 N–H and O–H groups in total. The van der Waals surface area contributed by atoms with Gasteiger partial charge in [0.05, 0.1) is 11.5 Å². The van der Waals surface area contributed by atoms with Gasteiger partial charge in [0, 0.05) is 16.4 Å². The molecule has 0 bridgehead atoms. The number of sulfonamides is 1. The second-order valence-corrected chi connectivity index (χ2v) is 6.60. The average Bonchev–Trinajstić information content (AvgIpc) is 2.50. The van der Waals surface area contributed by atoms with Crippen LogP contribution in [0.25, 0.3) is 0 Å². The number of amides is 1. The first-order valence-corrected chi connectivity index (χ1v) is 8.59. The molecule has 2 aromatic carbocycles. The molecule has 0 aliphatic heterocycles. The SMILES string of the molecule is CCOC(=O)Nc1ccc(NS(=O)(=O)c2ccc(Cl)cc2)cc1. The van der Waals surface area contributed by atoms with Gasteiger partial charge in [-0.2, -0.15) is 0 Å². The van der Waals surface area contributed by atoms with Crippen molar-refractivity contribution in [3.05, 3.63) is 53.6 Å². The number of ether oxygens (including phenoxy) is 1. The first-order chi connectivity index (χ1) is 10.9. The number of halogens is 1. The van der Waals surface area contributed by atoms with E-state index in [1.54, 1.807) is 19.1 Å². The number of anilines is 2. The molecule has 0 saturated heterocycles. The van der Waals surface area contributed by atoms with Crippen molar-refractivity contribution in [2.75, 3.05) is 16.6 Å². The van der Waals surface area contributed by atoms with E-state index in [2.05, 4.69) is 10.0 Å². The summed E-state index contributed by atoms with van der Waals surface area (Å²) < 4.78 is 31.6. The van der Waals surface area contributed by atoms with Crippen molar-refractivity contribution in [3.8, 4) is 0 Å². The Bertz CT molecular complexity index is 774. The Kier molecular flexibility index (Phi) is 5.46. The highest BCUT2D eigenvalue weighted by Crippen LogP contribution is 2.20. The summed E-state index contributed by atoms with van der Waals surface area (Å²) in [6.45, 7) is 1.97. The highest BCUT2D eigenvalue weighted by Gasteiger charge is 2.14. The van der Waals surface area contributed by atoms with Crippen LogP contribution < -0.4 is 10.0 Å². The highest BCUT2D eigenvalue weighted by atomic mass is 35.5. The molecule has 0 unspecified atom stereocenters. The molecule has 1 amide bonds. The normalized spacial score (nSPS) is 10.9. The number of carbonyl (C=O) groups excluding carboxylic acids is 1. The molecule has 23 heavy (non-hydrogen) atoms. The Hall–Kier alpha value is -2.25. The molecule has 0 spiro atoms. The minimum atomic E-state index is -3.70. The van der Waals surface area contributed by atoms with Gasteiger partial charge in [0.2, 0.25) is 0 Å². The van der Waals surface area contributed by atoms with Crippen LogP contribution >= 0.6 is 11.6 Å². The van der Waals surface area contributed by atoms with E-state index in [0.717, 1.165) is 0 Å². The van der Waals surface area contributed by atoms with Crippen LogP contribution in [0.1, 0.15) is 6.92 Å². The zero-order valence-electron chi connectivity index (χ0n) is 12.2. The third kappa shape index (κ3) is 4.87. The molecule has 122 valence electrons. The number of hydrogen-bond acceptors (Lipinski definition) is 4. The van der Waals surface area contributed by atoms with E-state index in [1.807, 2.05) is 0 Å². The van der Waals surface area contributed by atoms with Crippen LogP contribution in [0.2, 0.25) is 5.02 Å². The van der Waals surface area contributed by atoms with Crippen LogP contribution in [-0.2, 0) is 14.8 Å². The summed E-state index contributed by atoms with van der Waals surface area (Å²) in [7, 11) is -3.70. The van der Waals surface area contributed by atoms with E-state index < -0.39 is 16.1 Å². The number of nitrogens with one attached hydrogen (secondary N) is 2. The number of hydrogen-bond donors (Lipinski definition) is 2. The van der Waals surface area contributed by atoms with Gasteiger partial charge >= 0.3 is 6.09 Å². The quantitative estimate of drug-likeness (QED) is 0.857. The van der Waals surface area contributed by atoms with E-state index in [1.165, 1.54) is 36.4 Å². The van der Waals surface area contributed by atoms with E-state index in [4.69, 9.17) is 16.3 Å². The Morgan fingerprint density at radius 1 is 1.04 bits per heavy atom. The number of benzene rings is 2. The molecule has 2 aromatic rings. The Morgan fingerprint density at radius 3 is 2.17 bits per heavy atom. The lowest BCUT2D eigenvalue weighted by molar-refractivity contribution is 0.168. The molecule has 0 aromatic heterocycles. The Balaban J connectivity index is 2.08. The van der Waals surface area contributed by atoms with Crippen molar-refractivity contribution < 1.29 is 17.9 Å². The zero-order chi connectivity index (χ0) is 16.9. The van der Waals surface area contributed by atoms with Gasteiger partial charge in [-0.15, -0.1) is 0 Å². The summed E-state index contributed by atoms with van der Waals surface area (Å²) in [5.41, 5.74) is 0.868. The summed E-state index contributed by atoms with van der Waals surface area (Å²) in [5, 5.41) is 2.97. The largest absolute Gasteiger partial charge is 0.450 e. The van der Waals surface area contributed by atoms with Gasteiger partial charge in [0.1, 0.15) is 0 Å². The smallest absolute Gasteiger partial charge is 0.411 e. The lowest BCUT2D eigenvalue weighted by atomic mass is 10.3. The second kappa shape index (κ2) is 7.34. The molecule has 8 heteroatoms. The maximum Gasteiger partial charge on any atom is 0.411 e. The first-order valence-electron chi connectivity index (χ1n) is 6.73. The summed E-state index contributed by atoms with van der Waals surface area (Å²) in [6.07, 6.45) is -0.568. The van der Waals surface area contributed by atoms with Crippen molar-refractivity contribution in [2.45, 2.75) is 11.8 Å². The molecule has 0 heterocycles. The van der Waals surface area contributed by atoms with Crippen molar-refractivity contribution in [2.24, 2.45) is 0 Å². The van der Waals surface area contributed by atoms with Gasteiger partial charge in [-0.05, 0) is 55.5 Å². The van der Waals surface area contributed by atoms with Gasteiger partial charge in [0.15, 0.2) is 0 Å². The molecule has 0 radical (unpaired) electrons. The fourth-order valence-electron chi connectivity index (χ4n) is 1.73. The average molecular weight is 355 g/mol. The highest BCUT2D eigenvalue weighted by molar-refractivity contribution is 7.92. The lowest BCUT2D eigenvalue weighted by Gasteiger charge is -2.09. The monoisotopic (exact) mass is 354 g/mol. The summed E-state index contributed by atoms with van der Waals surface area (Å²) in [6, 6.07) is 12.0. The van der Waals surface area contributed by atoms with E-state index in [0.29, 0.717) is 16.4 Å². The molecule has 2 rings (SSSR count). The second-order valence-electron chi connectivity index (χ2n) is 4.48. The predicted octanol–water partition coefficient (Wildman–Crippen LogP) is 3.71. The van der Waals surface area contributed by atoms with Crippen LogP contribution in [0, 0.1) is 0 Å². The molecule has 0 aliphatic carbocycles. The summed E-state index contributed by atoms with van der Waals surface area (Å²) >= 11 is 5.74. The molecule has 0 atom stereocenters. The molecule has 0 fully saturated rings. The van der Waals surface area contributed by atoms with Crippen molar-refractivity contribution >= 4 is 39.1 Å².